The fourth-order valence-corrected chi connectivity index (χ4v) is 1.79. The number of methoxy groups -OCH3 is 1. The highest BCUT2D eigenvalue weighted by Gasteiger charge is 2.10. The van der Waals surface area contributed by atoms with Gasteiger partial charge in [-0.3, -0.25) is 0 Å². The summed E-state index contributed by atoms with van der Waals surface area (Å²) in [4.78, 5) is 2.32. The van der Waals surface area contributed by atoms with Crippen LogP contribution in [0.5, 0.6) is 5.75 Å². The molecule has 2 heteroatoms. The predicted octanol–water partition coefficient (Wildman–Crippen LogP) is 4.18. The molecule has 18 heavy (non-hydrogen) atoms. The van der Waals surface area contributed by atoms with Crippen molar-refractivity contribution in [2.24, 2.45) is 0 Å². The van der Waals surface area contributed by atoms with E-state index in [4.69, 9.17) is 4.74 Å². The molecule has 100 valence electrons. The minimum Gasteiger partial charge on any atom is -0.497 e. The van der Waals surface area contributed by atoms with Gasteiger partial charge in [0.15, 0.2) is 0 Å². The first kappa shape index (κ1) is 14.6. The lowest BCUT2D eigenvalue weighted by Gasteiger charge is -2.27. The Labute approximate surface area is 111 Å². The molecule has 0 bridgehead atoms. The third kappa shape index (κ3) is 3.80. The number of hydrogen-bond acceptors (Lipinski definition) is 2. The van der Waals surface area contributed by atoms with Crippen molar-refractivity contribution < 1.29 is 4.74 Å². The molecule has 2 nitrogen and oxygen atoms in total. The third-order valence-corrected chi connectivity index (χ3v) is 3.17. The van der Waals surface area contributed by atoms with Crippen LogP contribution in [0.25, 0.3) is 5.70 Å². The van der Waals surface area contributed by atoms with Gasteiger partial charge in [0.05, 0.1) is 7.11 Å². The van der Waals surface area contributed by atoms with E-state index in [1.165, 1.54) is 17.7 Å². The van der Waals surface area contributed by atoms with Crippen LogP contribution in [0.1, 0.15) is 39.2 Å². The Hall–Kier alpha value is -1.44. The Bertz CT molecular complexity index is 379. The van der Waals surface area contributed by atoms with Crippen molar-refractivity contribution in [3.8, 4) is 5.75 Å². The molecule has 0 saturated heterocycles. The molecule has 0 aliphatic rings. The monoisotopic (exact) mass is 247 g/mol. The van der Waals surface area contributed by atoms with Crippen LogP contribution in [-0.4, -0.2) is 25.1 Å². The molecule has 0 saturated carbocycles. The zero-order chi connectivity index (χ0) is 13.5. The number of ether oxygens (including phenoxy) is 1. The molecule has 1 rings (SSSR count). The Balaban J connectivity index is 3.01. The van der Waals surface area contributed by atoms with Crippen molar-refractivity contribution in [1.29, 1.82) is 0 Å². The third-order valence-electron chi connectivity index (χ3n) is 3.17. The molecule has 0 unspecified atom stereocenters. The summed E-state index contributed by atoms with van der Waals surface area (Å²) >= 11 is 0. The molecule has 0 aromatic heterocycles. The molecule has 0 radical (unpaired) electrons. The van der Waals surface area contributed by atoms with E-state index in [-0.39, 0.29) is 0 Å². The predicted molar refractivity (Wildman–Crippen MR) is 78.8 cm³/mol. The van der Waals surface area contributed by atoms with Gasteiger partial charge in [0, 0.05) is 18.8 Å². The summed E-state index contributed by atoms with van der Waals surface area (Å²) in [6, 6.07) is 8.78. The Kier molecular flexibility index (Phi) is 5.76. The van der Waals surface area contributed by atoms with E-state index in [0.29, 0.717) is 6.04 Å². The van der Waals surface area contributed by atoms with Gasteiger partial charge in [-0.05, 0) is 50.1 Å². The summed E-state index contributed by atoms with van der Waals surface area (Å²) in [6.07, 6.45) is 4.60. The van der Waals surface area contributed by atoms with Crippen LogP contribution in [0.4, 0.5) is 0 Å². The van der Waals surface area contributed by atoms with Crippen LogP contribution in [0, 0.1) is 0 Å². The fourth-order valence-electron chi connectivity index (χ4n) is 1.79. The molecule has 0 fully saturated rings. The van der Waals surface area contributed by atoms with Crippen LogP contribution in [0.3, 0.4) is 0 Å². The summed E-state index contributed by atoms with van der Waals surface area (Å²) in [6.45, 7) is 6.63. The maximum absolute atomic E-state index is 5.20. The van der Waals surface area contributed by atoms with E-state index in [0.717, 1.165) is 12.2 Å². The second-order valence-corrected chi connectivity index (χ2v) is 4.81. The van der Waals surface area contributed by atoms with Crippen LogP contribution >= 0.6 is 0 Å². The number of allylic oxidation sites excluding steroid dienone is 1. The number of hydrogen-bond donors (Lipinski definition) is 0. The second-order valence-electron chi connectivity index (χ2n) is 4.81. The molecule has 0 amide bonds. The van der Waals surface area contributed by atoms with Crippen molar-refractivity contribution >= 4 is 5.70 Å². The largest absolute Gasteiger partial charge is 0.497 e. The average molecular weight is 247 g/mol. The van der Waals surface area contributed by atoms with Gasteiger partial charge < -0.3 is 9.64 Å². The van der Waals surface area contributed by atoms with Gasteiger partial charge in [0.25, 0.3) is 0 Å². The first-order chi connectivity index (χ1) is 8.60. The van der Waals surface area contributed by atoms with Crippen molar-refractivity contribution in [2.75, 3.05) is 14.2 Å². The lowest BCUT2D eigenvalue weighted by molar-refractivity contribution is 0.395. The fraction of sp³-hybridized carbons (Fsp3) is 0.500. The molecule has 0 aliphatic heterocycles. The van der Waals surface area contributed by atoms with Crippen molar-refractivity contribution in [3.05, 3.63) is 35.9 Å². The van der Waals surface area contributed by atoms with Crippen molar-refractivity contribution in [3.63, 3.8) is 0 Å². The van der Waals surface area contributed by atoms with E-state index in [9.17, 15) is 0 Å². The van der Waals surface area contributed by atoms with Crippen molar-refractivity contribution in [2.45, 2.75) is 39.7 Å². The molecule has 1 aromatic carbocycles. The Morgan fingerprint density at radius 3 is 2.33 bits per heavy atom. The van der Waals surface area contributed by atoms with E-state index in [1.54, 1.807) is 7.11 Å². The van der Waals surface area contributed by atoms with Gasteiger partial charge in [0.1, 0.15) is 5.75 Å². The number of rotatable bonds is 6. The first-order valence-electron chi connectivity index (χ1n) is 6.67. The van der Waals surface area contributed by atoms with E-state index >= 15 is 0 Å². The molecule has 0 spiro atoms. The molecular formula is C16H25NO. The van der Waals surface area contributed by atoms with Crippen LogP contribution in [-0.2, 0) is 0 Å². The second kappa shape index (κ2) is 7.10. The van der Waals surface area contributed by atoms with Gasteiger partial charge in [-0.2, -0.15) is 0 Å². The lowest BCUT2D eigenvalue weighted by Crippen LogP contribution is -2.24. The average Bonchev–Trinajstić information content (AvgIpc) is 2.39. The standard InChI is InChI=1S/C16H25NO/c1-6-7-8-16(17(4)13(2)3)14-9-11-15(18-5)12-10-14/h8-13H,6-7H2,1-5H3/b16-8+. The zero-order valence-corrected chi connectivity index (χ0v) is 12.2. The molecule has 1 aromatic rings. The summed E-state index contributed by atoms with van der Waals surface area (Å²) in [5.41, 5.74) is 2.55. The maximum atomic E-state index is 5.20. The van der Waals surface area contributed by atoms with Gasteiger partial charge in [-0.25, -0.2) is 0 Å². The normalized spacial score (nSPS) is 11.8. The first-order valence-corrected chi connectivity index (χ1v) is 6.67. The lowest BCUT2D eigenvalue weighted by atomic mass is 10.1. The molecule has 0 N–H and O–H groups in total. The minimum absolute atomic E-state index is 0.496. The Morgan fingerprint density at radius 2 is 1.89 bits per heavy atom. The van der Waals surface area contributed by atoms with Gasteiger partial charge in [0.2, 0.25) is 0 Å². The molecular weight excluding hydrogens is 222 g/mol. The van der Waals surface area contributed by atoms with Gasteiger partial charge in [-0.15, -0.1) is 0 Å². The van der Waals surface area contributed by atoms with Gasteiger partial charge in [-0.1, -0.05) is 19.4 Å². The highest BCUT2D eigenvalue weighted by atomic mass is 16.5. The smallest absolute Gasteiger partial charge is 0.118 e. The summed E-state index contributed by atoms with van der Waals surface area (Å²) in [7, 11) is 3.85. The SMILES string of the molecule is CCC/C=C(\c1ccc(OC)cc1)N(C)C(C)C. The highest BCUT2D eigenvalue weighted by Crippen LogP contribution is 2.23. The molecule has 0 aliphatic carbocycles. The van der Waals surface area contributed by atoms with Crippen LogP contribution in [0.2, 0.25) is 0 Å². The van der Waals surface area contributed by atoms with E-state index in [2.05, 4.69) is 50.9 Å². The summed E-state index contributed by atoms with van der Waals surface area (Å²) < 4.78 is 5.20. The minimum atomic E-state index is 0.496. The number of benzene rings is 1. The van der Waals surface area contributed by atoms with Gasteiger partial charge >= 0.3 is 0 Å². The van der Waals surface area contributed by atoms with E-state index < -0.39 is 0 Å². The summed E-state index contributed by atoms with van der Waals surface area (Å²) in [5, 5.41) is 0. The zero-order valence-electron chi connectivity index (χ0n) is 12.2. The number of unbranched alkanes of at least 4 members (excludes halogenated alkanes) is 1. The van der Waals surface area contributed by atoms with E-state index in [1.807, 2.05) is 12.1 Å². The molecule has 0 atom stereocenters. The van der Waals surface area contributed by atoms with Crippen molar-refractivity contribution in [1.82, 2.24) is 4.90 Å². The number of nitrogens with zero attached hydrogens (tertiary/aromatic N) is 1. The van der Waals surface area contributed by atoms with Crippen LogP contribution < -0.4 is 4.74 Å². The maximum Gasteiger partial charge on any atom is 0.118 e. The topological polar surface area (TPSA) is 12.5 Å². The quantitative estimate of drug-likeness (QED) is 0.748. The Morgan fingerprint density at radius 1 is 1.28 bits per heavy atom. The van der Waals surface area contributed by atoms with Crippen LogP contribution in [0.15, 0.2) is 30.3 Å². The highest BCUT2D eigenvalue weighted by molar-refractivity contribution is 5.64. The molecule has 0 heterocycles. The summed E-state index contributed by atoms with van der Waals surface area (Å²) in [5.74, 6) is 0.904.